The molecule has 0 saturated heterocycles. The fourth-order valence-electron chi connectivity index (χ4n) is 2.41. The van der Waals surface area contributed by atoms with Gasteiger partial charge in [0.05, 0.1) is 0 Å². The van der Waals surface area contributed by atoms with Gasteiger partial charge in [-0.25, -0.2) is 0 Å². The normalized spacial score (nSPS) is 36.2. The van der Waals surface area contributed by atoms with E-state index in [2.05, 4.69) is 38.8 Å². The van der Waals surface area contributed by atoms with Gasteiger partial charge in [0.2, 0.25) is 0 Å². The number of hydrogen-bond donors (Lipinski definition) is 3. The first kappa shape index (κ1) is 11.3. The zero-order valence-electron chi connectivity index (χ0n) is 8.88. The maximum atomic E-state index is 5.57. The Morgan fingerprint density at radius 1 is 1.38 bits per heavy atom. The number of hydrazine groups is 1. The minimum absolute atomic E-state index is 0.0805. The van der Waals surface area contributed by atoms with Gasteiger partial charge in [-0.1, -0.05) is 27.2 Å². The number of nitrogens with two attached hydrogens (primary N) is 1. The predicted molar refractivity (Wildman–Crippen MR) is 60.7 cm³/mol. The molecule has 13 heavy (non-hydrogen) atoms. The molecule has 2 nitrogen and oxygen atoms in total. The van der Waals surface area contributed by atoms with Crippen molar-refractivity contribution in [3.05, 3.63) is 0 Å². The lowest BCUT2D eigenvalue weighted by atomic mass is 9.74. The van der Waals surface area contributed by atoms with Gasteiger partial charge in [-0.3, -0.25) is 11.3 Å². The Hall–Kier alpha value is 0.270. The Morgan fingerprint density at radius 2 is 2.00 bits per heavy atom. The van der Waals surface area contributed by atoms with E-state index in [4.69, 9.17) is 5.84 Å². The van der Waals surface area contributed by atoms with Crippen molar-refractivity contribution in [3.63, 3.8) is 0 Å². The lowest BCUT2D eigenvalue weighted by Crippen LogP contribution is -2.50. The minimum atomic E-state index is 0.0805. The standard InChI is InChI=1S/C10H22N2S/c1-7-4-5-8(10(2,3)13)9(6-7)12-11/h7-9,12-13H,4-6,11H2,1-3H3/t7-,8-,9+/m1/s1. The minimum Gasteiger partial charge on any atom is -0.271 e. The highest BCUT2D eigenvalue weighted by Crippen LogP contribution is 2.38. The Kier molecular flexibility index (Phi) is 3.66. The van der Waals surface area contributed by atoms with Crippen molar-refractivity contribution in [2.24, 2.45) is 17.7 Å². The molecule has 3 N–H and O–H groups in total. The summed E-state index contributed by atoms with van der Waals surface area (Å²) in [7, 11) is 0. The molecule has 0 radical (unpaired) electrons. The maximum absolute atomic E-state index is 5.57. The van der Waals surface area contributed by atoms with Crippen LogP contribution in [0.5, 0.6) is 0 Å². The third-order valence-electron chi connectivity index (χ3n) is 3.23. The summed E-state index contributed by atoms with van der Waals surface area (Å²) in [5, 5.41) is 0. The van der Waals surface area contributed by atoms with Crippen LogP contribution in [0.15, 0.2) is 0 Å². The summed E-state index contributed by atoms with van der Waals surface area (Å²) in [6, 6.07) is 0.441. The molecule has 3 atom stereocenters. The summed E-state index contributed by atoms with van der Waals surface area (Å²) in [5.41, 5.74) is 2.94. The second kappa shape index (κ2) is 4.20. The molecule has 1 saturated carbocycles. The van der Waals surface area contributed by atoms with Gasteiger partial charge in [0.1, 0.15) is 0 Å². The molecular weight excluding hydrogens is 180 g/mol. The van der Waals surface area contributed by atoms with Gasteiger partial charge in [0.15, 0.2) is 0 Å². The third-order valence-corrected chi connectivity index (χ3v) is 3.57. The summed E-state index contributed by atoms with van der Waals surface area (Å²) >= 11 is 4.64. The molecule has 0 heterocycles. The van der Waals surface area contributed by atoms with Crippen molar-refractivity contribution in [3.8, 4) is 0 Å². The lowest BCUT2D eigenvalue weighted by molar-refractivity contribution is 0.187. The molecule has 0 aliphatic heterocycles. The molecule has 0 aromatic carbocycles. The SMILES string of the molecule is C[C@@H]1CC[C@@H](C(C)(C)S)[C@@H](NN)C1. The molecule has 0 aromatic rings. The summed E-state index contributed by atoms with van der Waals surface area (Å²) in [4.78, 5) is 0. The van der Waals surface area contributed by atoms with Gasteiger partial charge < -0.3 is 0 Å². The summed E-state index contributed by atoms with van der Waals surface area (Å²) in [6.07, 6.45) is 3.74. The molecule has 0 spiro atoms. The Morgan fingerprint density at radius 3 is 2.46 bits per heavy atom. The topological polar surface area (TPSA) is 38.0 Å². The van der Waals surface area contributed by atoms with Gasteiger partial charge in [-0.2, -0.15) is 12.6 Å². The van der Waals surface area contributed by atoms with Crippen LogP contribution in [-0.4, -0.2) is 10.8 Å². The average molecular weight is 202 g/mol. The first-order chi connectivity index (χ1) is 5.95. The van der Waals surface area contributed by atoms with Gasteiger partial charge in [-0.15, -0.1) is 0 Å². The van der Waals surface area contributed by atoms with Gasteiger partial charge in [0, 0.05) is 10.8 Å². The highest BCUT2D eigenvalue weighted by molar-refractivity contribution is 7.81. The molecular formula is C10H22N2S. The second-order valence-corrected chi connectivity index (χ2v) is 6.10. The summed E-state index contributed by atoms with van der Waals surface area (Å²) < 4.78 is 0.0805. The van der Waals surface area contributed by atoms with E-state index in [0.717, 1.165) is 5.92 Å². The van der Waals surface area contributed by atoms with Crippen molar-refractivity contribution in [2.45, 2.75) is 50.8 Å². The number of hydrogen-bond acceptors (Lipinski definition) is 3. The molecule has 0 aromatic heterocycles. The third kappa shape index (κ3) is 2.86. The van der Waals surface area contributed by atoms with E-state index < -0.39 is 0 Å². The quantitative estimate of drug-likeness (QED) is 0.364. The molecule has 1 rings (SSSR count). The molecule has 0 bridgehead atoms. The average Bonchev–Trinajstić information content (AvgIpc) is 2.01. The lowest BCUT2D eigenvalue weighted by Gasteiger charge is -2.41. The largest absolute Gasteiger partial charge is 0.271 e. The molecule has 0 amide bonds. The van der Waals surface area contributed by atoms with Crippen molar-refractivity contribution in [2.75, 3.05) is 0 Å². The van der Waals surface area contributed by atoms with Crippen molar-refractivity contribution in [1.29, 1.82) is 0 Å². The van der Waals surface area contributed by atoms with Crippen LogP contribution in [0.2, 0.25) is 0 Å². The van der Waals surface area contributed by atoms with Crippen LogP contribution in [-0.2, 0) is 0 Å². The number of nitrogens with one attached hydrogen (secondary N) is 1. The number of thiol groups is 1. The van der Waals surface area contributed by atoms with Crippen LogP contribution in [0.25, 0.3) is 0 Å². The van der Waals surface area contributed by atoms with Crippen LogP contribution in [0.4, 0.5) is 0 Å². The van der Waals surface area contributed by atoms with Gasteiger partial charge >= 0.3 is 0 Å². The van der Waals surface area contributed by atoms with Crippen molar-refractivity contribution in [1.82, 2.24) is 5.43 Å². The van der Waals surface area contributed by atoms with Crippen LogP contribution < -0.4 is 11.3 Å². The maximum Gasteiger partial charge on any atom is 0.0254 e. The van der Waals surface area contributed by atoms with Crippen molar-refractivity contribution < 1.29 is 0 Å². The van der Waals surface area contributed by atoms with Crippen LogP contribution in [0, 0.1) is 11.8 Å². The zero-order valence-corrected chi connectivity index (χ0v) is 9.77. The second-order valence-electron chi connectivity index (χ2n) is 4.95. The Labute approximate surface area is 87.0 Å². The Balaban J connectivity index is 2.63. The van der Waals surface area contributed by atoms with Gasteiger partial charge in [-0.05, 0) is 24.7 Å². The van der Waals surface area contributed by atoms with E-state index in [1.54, 1.807) is 0 Å². The van der Waals surface area contributed by atoms with Crippen LogP contribution in [0.1, 0.15) is 40.0 Å². The van der Waals surface area contributed by atoms with E-state index in [1.807, 2.05) is 0 Å². The monoisotopic (exact) mass is 202 g/mol. The van der Waals surface area contributed by atoms with E-state index in [9.17, 15) is 0 Å². The molecule has 3 heteroatoms. The zero-order chi connectivity index (χ0) is 10.1. The first-order valence-corrected chi connectivity index (χ1v) is 5.58. The van der Waals surface area contributed by atoms with E-state index in [1.165, 1.54) is 19.3 Å². The van der Waals surface area contributed by atoms with Crippen molar-refractivity contribution >= 4 is 12.6 Å². The highest BCUT2D eigenvalue weighted by Gasteiger charge is 2.36. The summed E-state index contributed by atoms with van der Waals surface area (Å²) in [6.45, 7) is 6.66. The number of rotatable bonds is 2. The fourth-order valence-corrected chi connectivity index (χ4v) is 2.72. The predicted octanol–water partition coefficient (Wildman–Crippen LogP) is 1.96. The smallest absolute Gasteiger partial charge is 0.0254 e. The van der Waals surface area contributed by atoms with E-state index >= 15 is 0 Å². The molecule has 1 aliphatic carbocycles. The molecule has 1 aliphatic rings. The van der Waals surface area contributed by atoms with Gasteiger partial charge in [0.25, 0.3) is 0 Å². The van der Waals surface area contributed by atoms with Crippen LogP contribution in [0.3, 0.4) is 0 Å². The first-order valence-electron chi connectivity index (χ1n) is 5.13. The molecule has 1 fully saturated rings. The summed E-state index contributed by atoms with van der Waals surface area (Å²) in [5.74, 6) is 6.96. The molecule has 78 valence electrons. The van der Waals surface area contributed by atoms with E-state index in [0.29, 0.717) is 12.0 Å². The molecule has 0 unspecified atom stereocenters. The van der Waals surface area contributed by atoms with Crippen LogP contribution >= 0.6 is 12.6 Å². The highest BCUT2D eigenvalue weighted by atomic mass is 32.1. The fraction of sp³-hybridized carbons (Fsp3) is 1.00. The van der Waals surface area contributed by atoms with E-state index in [-0.39, 0.29) is 4.75 Å². The Bertz CT molecular complexity index is 165.